The van der Waals surface area contributed by atoms with Crippen LogP contribution < -0.4 is 4.90 Å². The monoisotopic (exact) mass is 353 g/mol. The summed E-state index contributed by atoms with van der Waals surface area (Å²) in [4.78, 5) is 28.5. The number of nitrogens with one attached hydrogen (secondary N) is 1. The summed E-state index contributed by atoms with van der Waals surface area (Å²) >= 11 is 0. The molecule has 26 heavy (non-hydrogen) atoms. The predicted octanol–water partition coefficient (Wildman–Crippen LogP) is 2.56. The minimum atomic E-state index is 0.218. The number of hydrogen-bond acceptors (Lipinski definition) is 4. The van der Waals surface area contributed by atoms with Crippen LogP contribution in [-0.2, 0) is 11.2 Å². The van der Waals surface area contributed by atoms with Crippen LogP contribution >= 0.6 is 0 Å². The van der Waals surface area contributed by atoms with Crippen molar-refractivity contribution in [2.45, 2.75) is 39.0 Å². The van der Waals surface area contributed by atoms with Crippen molar-refractivity contribution in [1.82, 2.24) is 19.9 Å². The molecule has 0 radical (unpaired) electrons. The first-order chi connectivity index (χ1) is 12.7. The van der Waals surface area contributed by atoms with Crippen molar-refractivity contribution in [1.29, 1.82) is 0 Å². The molecule has 4 heterocycles. The molecule has 6 nitrogen and oxygen atoms in total. The van der Waals surface area contributed by atoms with Gasteiger partial charge in [-0.1, -0.05) is 0 Å². The van der Waals surface area contributed by atoms with Gasteiger partial charge in [-0.2, -0.15) is 0 Å². The first kappa shape index (κ1) is 17.1. The Morgan fingerprint density at radius 3 is 2.96 bits per heavy atom. The third-order valence-electron chi connectivity index (χ3n) is 5.95. The van der Waals surface area contributed by atoms with E-state index in [9.17, 15) is 4.79 Å². The Labute approximate surface area is 154 Å². The highest BCUT2D eigenvalue weighted by Gasteiger charge is 2.41. The first-order valence-corrected chi connectivity index (χ1v) is 9.56. The molecule has 1 amide bonds. The van der Waals surface area contributed by atoms with Gasteiger partial charge in [-0.05, 0) is 37.8 Å². The molecule has 138 valence electrons. The lowest BCUT2D eigenvalue weighted by Gasteiger charge is -2.49. The Kier molecular flexibility index (Phi) is 4.66. The van der Waals surface area contributed by atoms with E-state index < -0.39 is 0 Å². The number of likely N-dealkylation sites (tertiary alicyclic amines) is 1. The normalized spacial score (nSPS) is 23.7. The van der Waals surface area contributed by atoms with E-state index in [0.717, 1.165) is 44.7 Å². The van der Waals surface area contributed by atoms with E-state index in [1.54, 1.807) is 6.33 Å². The van der Waals surface area contributed by atoms with E-state index in [-0.39, 0.29) is 5.41 Å². The van der Waals surface area contributed by atoms with Crippen LogP contribution in [0, 0.1) is 12.3 Å². The maximum Gasteiger partial charge on any atom is 0.222 e. The number of nitrogens with zero attached hydrogens (tertiary/aromatic N) is 4. The maximum absolute atomic E-state index is 12.5. The highest BCUT2D eigenvalue weighted by Crippen LogP contribution is 2.40. The summed E-state index contributed by atoms with van der Waals surface area (Å²) in [6, 6.07) is 2.12. The number of aromatic nitrogens is 3. The molecule has 2 saturated heterocycles. The quantitative estimate of drug-likeness (QED) is 0.917. The number of anilines is 1. The van der Waals surface area contributed by atoms with E-state index in [4.69, 9.17) is 0 Å². The van der Waals surface area contributed by atoms with Crippen molar-refractivity contribution in [3.63, 3.8) is 0 Å². The van der Waals surface area contributed by atoms with Crippen LogP contribution in [0.3, 0.4) is 0 Å². The van der Waals surface area contributed by atoms with Crippen LogP contribution in [0.5, 0.6) is 0 Å². The molecule has 0 aromatic carbocycles. The number of amides is 1. The second-order valence-corrected chi connectivity index (χ2v) is 7.83. The van der Waals surface area contributed by atoms with Gasteiger partial charge in [0, 0.05) is 74.4 Å². The summed E-state index contributed by atoms with van der Waals surface area (Å²) in [7, 11) is 0. The number of rotatable bonds is 4. The molecular formula is C20H27N5O. The number of hydrogen-bond donors (Lipinski definition) is 1. The molecule has 0 unspecified atom stereocenters. The molecule has 6 heteroatoms. The van der Waals surface area contributed by atoms with Gasteiger partial charge >= 0.3 is 0 Å². The minimum absolute atomic E-state index is 0.218. The summed E-state index contributed by atoms with van der Waals surface area (Å²) < 4.78 is 0. The van der Waals surface area contributed by atoms with Gasteiger partial charge < -0.3 is 14.8 Å². The molecule has 2 aliphatic rings. The predicted molar refractivity (Wildman–Crippen MR) is 101 cm³/mol. The molecule has 2 aliphatic heterocycles. The molecule has 4 rings (SSSR count). The van der Waals surface area contributed by atoms with Gasteiger partial charge in [0.05, 0.1) is 6.33 Å². The molecule has 0 aliphatic carbocycles. The Bertz CT molecular complexity index is 759. The average Bonchev–Trinajstić information content (AvgIpc) is 3.17. The van der Waals surface area contributed by atoms with Crippen molar-refractivity contribution in [3.05, 3.63) is 42.2 Å². The van der Waals surface area contributed by atoms with Crippen molar-refractivity contribution in [3.8, 4) is 0 Å². The van der Waals surface area contributed by atoms with E-state index in [1.165, 1.54) is 24.1 Å². The highest BCUT2D eigenvalue weighted by molar-refractivity contribution is 5.77. The summed E-state index contributed by atoms with van der Waals surface area (Å²) in [5.41, 5.74) is 3.83. The van der Waals surface area contributed by atoms with E-state index in [0.29, 0.717) is 12.3 Å². The van der Waals surface area contributed by atoms with Crippen molar-refractivity contribution in [2.24, 2.45) is 5.41 Å². The smallest absolute Gasteiger partial charge is 0.222 e. The largest absolute Gasteiger partial charge is 0.371 e. The zero-order valence-corrected chi connectivity index (χ0v) is 15.4. The van der Waals surface area contributed by atoms with Crippen LogP contribution in [-0.4, -0.2) is 51.9 Å². The van der Waals surface area contributed by atoms with Crippen molar-refractivity contribution >= 4 is 11.6 Å². The third-order valence-corrected chi connectivity index (χ3v) is 5.95. The zero-order valence-electron chi connectivity index (χ0n) is 15.4. The van der Waals surface area contributed by atoms with Gasteiger partial charge in [0.15, 0.2) is 0 Å². The van der Waals surface area contributed by atoms with Crippen LogP contribution in [0.4, 0.5) is 5.69 Å². The van der Waals surface area contributed by atoms with Crippen molar-refractivity contribution in [2.75, 3.05) is 31.1 Å². The molecular weight excluding hydrogens is 326 g/mol. The number of carbonyl (C=O) groups is 1. The third kappa shape index (κ3) is 3.45. The maximum atomic E-state index is 12.5. The first-order valence-electron chi connectivity index (χ1n) is 9.56. The van der Waals surface area contributed by atoms with Crippen LogP contribution in [0.15, 0.2) is 31.0 Å². The summed E-state index contributed by atoms with van der Waals surface area (Å²) in [5, 5.41) is 0. The Balaban J connectivity index is 1.46. The number of aryl methyl sites for hydroxylation is 1. The summed E-state index contributed by atoms with van der Waals surface area (Å²) in [6.45, 7) is 5.91. The van der Waals surface area contributed by atoms with Gasteiger partial charge in [-0.3, -0.25) is 9.78 Å². The Morgan fingerprint density at radius 1 is 1.23 bits per heavy atom. The standard InChI is InChI=1S/C20H27N5O/c1-16-11-21-8-4-18(16)24-9-2-6-20(13-24)7-3-19(26)25(14-20)10-5-17-12-22-15-23-17/h4,8,11-12,15H,2-3,5-7,9-10,13-14H2,1H3,(H,22,23)/t20-/m0/s1. The molecule has 2 aromatic rings. The molecule has 0 bridgehead atoms. The van der Waals surface area contributed by atoms with Crippen LogP contribution in [0.2, 0.25) is 0 Å². The van der Waals surface area contributed by atoms with Crippen LogP contribution in [0.1, 0.15) is 36.9 Å². The highest BCUT2D eigenvalue weighted by atomic mass is 16.2. The number of piperidine rings is 2. The van der Waals surface area contributed by atoms with Gasteiger partial charge in [0.2, 0.25) is 5.91 Å². The SMILES string of the molecule is Cc1cnccc1N1CCC[C@]2(CCC(=O)N(CCc3cnc[nH]3)C2)C1. The average molecular weight is 353 g/mol. The molecule has 2 fully saturated rings. The number of H-pyrrole nitrogens is 1. The minimum Gasteiger partial charge on any atom is -0.371 e. The van der Waals surface area contributed by atoms with Crippen molar-refractivity contribution < 1.29 is 4.79 Å². The fourth-order valence-electron chi connectivity index (χ4n) is 4.55. The van der Waals surface area contributed by atoms with Gasteiger partial charge in [0.25, 0.3) is 0 Å². The van der Waals surface area contributed by atoms with Crippen LogP contribution in [0.25, 0.3) is 0 Å². The molecule has 2 aromatic heterocycles. The topological polar surface area (TPSA) is 65.1 Å². The van der Waals surface area contributed by atoms with E-state index in [1.807, 2.05) is 18.6 Å². The Hall–Kier alpha value is -2.37. The molecule has 1 atom stereocenters. The van der Waals surface area contributed by atoms with Gasteiger partial charge in [-0.15, -0.1) is 0 Å². The van der Waals surface area contributed by atoms with Gasteiger partial charge in [-0.25, -0.2) is 4.98 Å². The summed E-state index contributed by atoms with van der Waals surface area (Å²) in [6.07, 6.45) is 12.3. The number of carbonyl (C=O) groups excluding carboxylic acids is 1. The number of pyridine rings is 1. The molecule has 1 N–H and O–H groups in total. The molecule has 0 saturated carbocycles. The van der Waals surface area contributed by atoms with Gasteiger partial charge in [0.1, 0.15) is 0 Å². The Morgan fingerprint density at radius 2 is 2.15 bits per heavy atom. The fraction of sp³-hybridized carbons (Fsp3) is 0.550. The lowest BCUT2D eigenvalue weighted by Crippen LogP contribution is -2.54. The second kappa shape index (κ2) is 7.09. The summed E-state index contributed by atoms with van der Waals surface area (Å²) in [5.74, 6) is 0.298. The second-order valence-electron chi connectivity index (χ2n) is 7.83. The lowest BCUT2D eigenvalue weighted by atomic mass is 9.73. The van der Waals surface area contributed by atoms with E-state index >= 15 is 0 Å². The lowest BCUT2D eigenvalue weighted by molar-refractivity contribution is -0.137. The fourth-order valence-corrected chi connectivity index (χ4v) is 4.55. The van der Waals surface area contributed by atoms with E-state index in [2.05, 4.69) is 37.7 Å². The zero-order chi connectivity index (χ0) is 18.0. The number of imidazole rings is 1. The molecule has 1 spiro atoms. The number of aromatic amines is 1.